The molecule has 0 rings (SSSR count). The number of unbranched alkanes of at least 4 members (excludes halogenated alkanes) is 20. The van der Waals surface area contributed by atoms with E-state index in [0.717, 1.165) is 70.6 Å². The van der Waals surface area contributed by atoms with E-state index in [9.17, 15) is 19.0 Å². The van der Waals surface area contributed by atoms with Crippen LogP contribution in [0, 0.1) is 0 Å². The zero-order chi connectivity index (χ0) is 38.2. The molecule has 0 amide bonds. The second-order valence-corrected chi connectivity index (χ2v) is 15.3. The van der Waals surface area contributed by atoms with Crippen LogP contribution in [0.5, 0.6) is 0 Å². The van der Waals surface area contributed by atoms with E-state index in [1.54, 1.807) is 0 Å². The summed E-state index contributed by atoms with van der Waals surface area (Å²) in [5.41, 5.74) is 5.34. The summed E-state index contributed by atoms with van der Waals surface area (Å²) in [5.74, 6) is -0.843. The first-order valence-corrected chi connectivity index (χ1v) is 22.5. The molecule has 0 aliphatic rings. The number of phosphoric acid groups is 1. The fourth-order valence-corrected chi connectivity index (χ4v) is 6.41. The Balaban J connectivity index is 4.15. The van der Waals surface area contributed by atoms with E-state index in [-0.39, 0.29) is 38.6 Å². The highest BCUT2D eigenvalue weighted by Gasteiger charge is 2.26. The second-order valence-electron chi connectivity index (χ2n) is 13.9. The Kier molecular flexibility index (Phi) is 37.6. The van der Waals surface area contributed by atoms with Crippen LogP contribution in [-0.2, 0) is 32.7 Å². The molecule has 0 aliphatic heterocycles. The molecule has 0 fully saturated rings. The van der Waals surface area contributed by atoms with Crippen molar-refractivity contribution in [1.29, 1.82) is 0 Å². The van der Waals surface area contributed by atoms with Crippen molar-refractivity contribution in [3.8, 4) is 0 Å². The zero-order valence-corrected chi connectivity index (χ0v) is 34.2. The number of phosphoric ester groups is 1. The molecule has 304 valence electrons. The van der Waals surface area contributed by atoms with E-state index in [4.69, 9.17) is 24.3 Å². The fourth-order valence-electron chi connectivity index (χ4n) is 5.64. The predicted molar refractivity (Wildman–Crippen MR) is 215 cm³/mol. The number of rotatable bonds is 39. The van der Waals surface area contributed by atoms with E-state index in [1.807, 2.05) is 0 Å². The lowest BCUT2D eigenvalue weighted by Crippen LogP contribution is -2.29. The van der Waals surface area contributed by atoms with Crippen LogP contribution in [0.1, 0.15) is 187 Å². The second kappa shape index (κ2) is 38.9. The molecule has 0 radical (unpaired) electrons. The molecule has 3 N–H and O–H groups in total. The summed E-state index contributed by atoms with van der Waals surface area (Å²) >= 11 is 0. The summed E-state index contributed by atoms with van der Waals surface area (Å²) in [5, 5.41) is 0. The van der Waals surface area contributed by atoms with Crippen LogP contribution in [-0.4, -0.2) is 49.3 Å². The van der Waals surface area contributed by atoms with Gasteiger partial charge >= 0.3 is 19.8 Å². The Morgan fingerprint density at radius 3 is 1.48 bits per heavy atom. The highest BCUT2D eigenvalue weighted by Crippen LogP contribution is 2.43. The molecule has 0 aromatic heterocycles. The molecular weight excluding hydrogens is 677 g/mol. The molecule has 0 heterocycles. The highest BCUT2D eigenvalue weighted by atomic mass is 31.2. The molecular formula is C42H78NO8P. The topological polar surface area (TPSA) is 134 Å². The average molecular weight is 756 g/mol. The van der Waals surface area contributed by atoms with Gasteiger partial charge in [-0.25, -0.2) is 4.57 Å². The maximum absolute atomic E-state index is 12.6. The minimum Gasteiger partial charge on any atom is -0.462 e. The number of ether oxygens (including phenoxy) is 2. The Morgan fingerprint density at radius 2 is 1.00 bits per heavy atom. The summed E-state index contributed by atoms with van der Waals surface area (Å²) < 4.78 is 32.7. The van der Waals surface area contributed by atoms with E-state index >= 15 is 0 Å². The van der Waals surface area contributed by atoms with Gasteiger partial charge in [0, 0.05) is 19.4 Å². The van der Waals surface area contributed by atoms with Crippen molar-refractivity contribution in [2.24, 2.45) is 5.73 Å². The SMILES string of the molecule is CCCCCCC/C=C\C/C=C\C/C=C\CCCCCCCCC(=O)OC(COC(=O)CCCCCCCCCCCC)COP(=O)(O)OCCN. The lowest BCUT2D eigenvalue weighted by atomic mass is 10.1. The summed E-state index contributed by atoms with van der Waals surface area (Å²) in [6, 6.07) is 0. The van der Waals surface area contributed by atoms with Gasteiger partial charge in [0.15, 0.2) is 6.10 Å². The number of carbonyl (C=O) groups is 2. The number of esters is 2. The molecule has 0 bridgehead atoms. The Bertz CT molecular complexity index is 954. The van der Waals surface area contributed by atoms with Crippen molar-refractivity contribution in [2.75, 3.05) is 26.4 Å². The van der Waals surface area contributed by atoms with E-state index in [1.165, 1.54) is 83.5 Å². The molecule has 0 aliphatic carbocycles. The van der Waals surface area contributed by atoms with Gasteiger partial charge in [0.1, 0.15) is 6.61 Å². The first-order chi connectivity index (χ1) is 25.3. The summed E-state index contributed by atoms with van der Waals surface area (Å²) in [6.45, 7) is 3.69. The first kappa shape index (κ1) is 50.2. The van der Waals surface area contributed by atoms with Crippen LogP contribution in [0.4, 0.5) is 0 Å². The molecule has 0 saturated carbocycles. The quantitative estimate of drug-likeness (QED) is 0.0272. The Morgan fingerprint density at radius 1 is 0.577 bits per heavy atom. The van der Waals surface area contributed by atoms with E-state index in [2.05, 4.69) is 50.3 Å². The minimum absolute atomic E-state index is 0.0512. The molecule has 10 heteroatoms. The average Bonchev–Trinajstić information content (AvgIpc) is 3.13. The van der Waals surface area contributed by atoms with Crippen LogP contribution in [0.2, 0.25) is 0 Å². The normalized spacial score (nSPS) is 13.7. The molecule has 0 aromatic carbocycles. The van der Waals surface area contributed by atoms with Crippen molar-refractivity contribution >= 4 is 19.8 Å². The summed E-state index contributed by atoms with van der Waals surface area (Å²) in [6.07, 6.45) is 41.8. The predicted octanol–water partition coefficient (Wildman–Crippen LogP) is 11.8. The van der Waals surface area contributed by atoms with E-state index in [0.29, 0.717) is 6.42 Å². The van der Waals surface area contributed by atoms with Gasteiger partial charge in [-0.2, -0.15) is 0 Å². The van der Waals surface area contributed by atoms with Crippen molar-refractivity contribution in [2.45, 2.75) is 193 Å². The molecule has 2 atom stereocenters. The zero-order valence-electron chi connectivity index (χ0n) is 33.3. The van der Waals surface area contributed by atoms with Gasteiger partial charge in [0.05, 0.1) is 13.2 Å². The largest absolute Gasteiger partial charge is 0.472 e. The number of carbonyl (C=O) groups excluding carboxylic acids is 2. The van der Waals surface area contributed by atoms with Gasteiger partial charge in [-0.15, -0.1) is 0 Å². The van der Waals surface area contributed by atoms with Crippen LogP contribution in [0.25, 0.3) is 0 Å². The van der Waals surface area contributed by atoms with Crippen molar-refractivity contribution in [3.05, 3.63) is 36.5 Å². The first-order valence-electron chi connectivity index (χ1n) is 21.0. The Hall–Kier alpha value is -1.77. The fraction of sp³-hybridized carbons (Fsp3) is 0.810. The van der Waals surface area contributed by atoms with Gasteiger partial charge < -0.3 is 20.1 Å². The number of hydrogen-bond donors (Lipinski definition) is 2. The molecule has 9 nitrogen and oxygen atoms in total. The number of nitrogens with two attached hydrogens (primary N) is 1. The molecule has 2 unspecified atom stereocenters. The third kappa shape index (κ3) is 38.0. The van der Waals surface area contributed by atoms with Crippen molar-refractivity contribution < 1.29 is 37.6 Å². The third-order valence-corrected chi connectivity index (χ3v) is 9.76. The standard InChI is InChI=1S/C42H78NO8P/c1-3-5-7-9-11-13-15-16-17-18-19-20-21-22-23-24-25-27-29-31-33-35-42(45)51-40(39-50-52(46,47)49-37-36-43)38-48-41(44)34-32-30-28-26-14-12-10-8-6-4-2/h15-16,18-19,21-22,40H,3-14,17,20,23-39,43H2,1-2H3,(H,46,47)/b16-15-,19-18-,22-21-. The molecule has 0 spiro atoms. The maximum Gasteiger partial charge on any atom is 0.472 e. The van der Waals surface area contributed by atoms with Gasteiger partial charge in [-0.1, -0.05) is 159 Å². The third-order valence-electron chi connectivity index (χ3n) is 8.78. The minimum atomic E-state index is -4.37. The number of allylic oxidation sites excluding steroid dienone is 6. The lowest BCUT2D eigenvalue weighted by Gasteiger charge is -2.19. The lowest BCUT2D eigenvalue weighted by molar-refractivity contribution is -0.161. The maximum atomic E-state index is 12.6. The van der Waals surface area contributed by atoms with Crippen molar-refractivity contribution in [3.63, 3.8) is 0 Å². The molecule has 52 heavy (non-hydrogen) atoms. The van der Waals surface area contributed by atoms with Gasteiger partial charge in [0.2, 0.25) is 0 Å². The van der Waals surface area contributed by atoms with Crippen LogP contribution in [0.3, 0.4) is 0 Å². The summed E-state index contributed by atoms with van der Waals surface area (Å²) in [4.78, 5) is 34.7. The highest BCUT2D eigenvalue weighted by molar-refractivity contribution is 7.47. The molecule has 0 aromatic rings. The molecule has 0 saturated heterocycles. The summed E-state index contributed by atoms with van der Waals surface area (Å²) in [7, 11) is -4.37. The van der Waals surface area contributed by atoms with Crippen LogP contribution in [0.15, 0.2) is 36.5 Å². The smallest absolute Gasteiger partial charge is 0.462 e. The van der Waals surface area contributed by atoms with Gasteiger partial charge in [-0.3, -0.25) is 18.6 Å². The van der Waals surface area contributed by atoms with Gasteiger partial charge in [-0.05, 0) is 51.4 Å². The monoisotopic (exact) mass is 756 g/mol. The van der Waals surface area contributed by atoms with Crippen LogP contribution < -0.4 is 5.73 Å². The number of hydrogen-bond acceptors (Lipinski definition) is 8. The van der Waals surface area contributed by atoms with Gasteiger partial charge in [0.25, 0.3) is 0 Å². The van der Waals surface area contributed by atoms with Crippen LogP contribution >= 0.6 is 7.82 Å². The van der Waals surface area contributed by atoms with E-state index < -0.39 is 26.5 Å². The Labute approximate surface area is 318 Å². The van der Waals surface area contributed by atoms with Crippen molar-refractivity contribution in [1.82, 2.24) is 0 Å².